The van der Waals surface area contributed by atoms with Gasteiger partial charge in [0, 0.05) is 19.0 Å². The van der Waals surface area contributed by atoms with Crippen molar-refractivity contribution >= 4 is 5.91 Å². The summed E-state index contributed by atoms with van der Waals surface area (Å²) >= 11 is 0. The number of ether oxygens (including phenoxy) is 1. The maximum atomic E-state index is 13.3. The molecular weight excluding hydrogens is 283 g/mol. The van der Waals surface area contributed by atoms with Crippen molar-refractivity contribution < 1.29 is 13.9 Å². The molecule has 1 saturated heterocycles. The van der Waals surface area contributed by atoms with E-state index in [-0.39, 0.29) is 23.9 Å². The number of carbonyl (C=O) groups is 1. The zero-order valence-corrected chi connectivity index (χ0v) is 12.7. The van der Waals surface area contributed by atoms with Crippen molar-refractivity contribution in [3.63, 3.8) is 0 Å². The van der Waals surface area contributed by atoms with E-state index in [1.165, 1.54) is 12.1 Å². The Balaban J connectivity index is 1.61. The lowest BCUT2D eigenvalue weighted by Gasteiger charge is -2.34. The number of nitrogens with zero attached hydrogens (tertiary/aromatic N) is 1. The molecule has 3 rings (SSSR count). The third kappa shape index (κ3) is 3.47. The fraction of sp³-hybridized carbons (Fsp3) is 0.588. The van der Waals surface area contributed by atoms with Crippen LogP contribution in [0.1, 0.15) is 37.4 Å². The van der Waals surface area contributed by atoms with Crippen molar-refractivity contribution in [1.29, 1.82) is 0 Å². The second-order valence-corrected chi connectivity index (χ2v) is 6.31. The molecule has 1 saturated carbocycles. The van der Waals surface area contributed by atoms with Gasteiger partial charge in [-0.05, 0) is 36.5 Å². The Bertz CT molecular complexity index is 537. The maximum Gasteiger partial charge on any atom is 0.223 e. The minimum absolute atomic E-state index is 0.145. The second kappa shape index (κ2) is 6.75. The zero-order chi connectivity index (χ0) is 15.5. The third-order valence-corrected chi connectivity index (χ3v) is 4.79. The van der Waals surface area contributed by atoms with Gasteiger partial charge in [-0.1, -0.05) is 18.6 Å². The van der Waals surface area contributed by atoms with Crippen LogP contribution >= 0.6 is 0 Å². The van der Waals surface area contributed by atoms with E-state index in [1.54, 1.807) is 6.07 Å². The first kappa shape index (κ1) is 15.4. The van der Waals surface area contributed by atoms with Crippen molar-refractivity contribution in [1.82, 2.24) is 4.90 Å². The Hall–Kier alpha value is -1.46. The van der Waals surface area contributed by atoms with Crippen molar-refractivity contribution in [3.8, 4) is 0 Å². The first-order chi connectivity index (χ1) is 10.6. The molecule has 0 radical (unpaired) electrons. The lowest BCUT2D eigenvalue weighted by Crippen LogP contribution is -2.43. The van der Waals surface area contributed by atoms with Crippen LogP contribution in [-0.4, -0.2) is 36.5 Å². The van der Waals surface area contributed by atoms with Crippen LogP contribution in [0.25, 0.3) is 0 Å². The first-order valence-corrected chi connectivity index (χ1v) is 8.04. The normalized spacial score (nSPS) is 28.8. The molecule has 3 atom stereocenters. The van der Waals surface area contributed by atoms with E-state index in [1.807, 2.05) is 11.0 Å². The molecule has 1 aliphatic heterocycles. The van der Waals surface area contributed by atoms with Crippen LogP contribution < -0.4 is 5.73 Å². The molecule has 120 valence electrons. The quantitative estimate of drug-likeness (QED) is 0.932. The number of morpholine rings is 1. The Morgan fingerprint density at radius 3 is 3.00 bits per heavy atom. The molecule has 1 amide bonds. The second-order valence-electron chi connectivity index (χ2n) is 6.31. The molecule has 5 heteroatoms. The summed E-state index contributed by atoms with van der Waals surface area (Å²) in [5, 5.41) is 0. The summed E-state index contributed by atoms with van der Waals surface area (Å²) < 4.78 is 19.0. The number of halogens is 1. The van der Waals surface area contributed by atoms with Gasteiger partial charge in [0.15, 0.2) is 0 Å². The van der Waals surface area contributed by atoms with Crippen LogP contribution in [0.3, 0.4) is 0 Å². The Morgan fingerprint density at radius 1 is 1.41 bits per heavy atom. The predicted molar refractivity (Wildman–Crippen MR) is 81.6 cm³/mol. The van der Waals surface area contributed by atoms with Crippen LogP contribution in [0.15, 0.2) is 24.3 Å². The molecular formula is C17H23FN2O2. The maximum absolute atomic E-state index is 13.3. The highest BCUT2D eigenvalue weighted by atomic mass is 19.1. The minimum Gasteiger partial charge on any atom is -0.370 e. The van der Waals surface area contributed by atoms with E-state index in [0.29, 0.717) is 32.0 Å². The fourth-order valence-corrected chi connectivity index (χ4v) is 3.46. The smallest absolute Gasteiger partial charge is 0.223 e. The monoisotopic (exact) mass is 306 g/mol. The summed E-state index contributed by atoms with van der Waals surface area (Å²) in [7, 11) is 0. The summed E-state index contributed by atoms with van der Waals surface area (Å²) in [5.74, 6) is 0.177. The molecule has 2 N–H and O–H groups in total. The Labute approximate surface area is 130 Å². The highest BCUT2D eigenvalue weighted by molar-refractivity contribution is 5.76. The van der Waals surface area contributed by atoms with Crippen molar-refractivity contribution in [2.45, 2.75) is 37.8 Å². The van der Waals surface area contributed by atoms with Crippen molar-refractivity contribution in [2.75, 3.05) is 19.7 Å². The van der Waals surface area contributed by atoms with E-state index in [9.17, 15) is 9.18 Å². The molecule has 2 aliphatic rings. The number of benzene rings is 1. The molecule has 1 heterocycles. The van der Waals surface area contributed by atoms with E-state index < -0.39 is 0 Å². The Kier molecular flexibility index (Phi) is 4.74. The molecule has 22 heavy (non-hydrogen) atoms. The minimum atomic E-state index is -0.276. The molecule has 0 spiro atoms. The van der Waals surface area contributed by atoms with Crippen LogP contribution in [0, 0.1) is 11.7 Å². The van der Waals surface area contributed by atoms with Crippen LogP contribution in [0.2, 0.25) is 0 Å². The van der Waals surface area contributed by atoms with Crippen molar-refractivity contribution in [3.05, 3.63) is 35.6 Å². The van der Waals surface area contributed by atoms with Crippen molar-refractivity contribution in [2.24, 2.45) is 11.7 Å². The molecule has 0 aromatic heterocycles. The van der Waals surface area contributed by atoms with E-state index >= 15 is 0 Å². The number of hydrogen-bond acceptors (Lipinski definition) is 3. The number of carbonyl (C=O) groups excluding carboxylic acids is 1. The van der Waals surface area contributed by atoms with Crippen LogP contribution in [0.5, 0.6) is 0 Å². The van der Waals surface area contributed by atoms with Gasteiger partial charge in [0.05, 0.1) is 13.2 Å². The zero-order valence-electron chi connectivity index (χ0n) is 12.7. The SMILES string of the molecule is N[C@@H]1CCC[C@H]1CC(=O)N1CCOC(c2cccc(F)c2)C1. The molecule has 2 fully saturated rings. The Morgan fingerprint density at radius 2 is 2.27 bits per heavy atom. The number of amides is 1. The standard InChI is InChI=1S/C17H23FN2O2/c18-14-5-1-4-13(9-14)16-11-20(7-8-22-16)17(21)10-12-3-2-6-15(12)19/h1,4-5,9,12,15-16H,2-3,6-8,10-11,19H2/t12-,15+,16?/m0/s1. The summed E-state index contributed by atoms with van der Waals surface area (Å²) in [6, 6.07) is 6.56. The topological polar surface area (TPSA) is 55.6 Å². The van der Waals surface area contributed by atoms with Crippen LogP contribution in [0.4, 0.5) is 4.39 Å². The summed E-state index contributed by atoms with van der Waals surface area (Å²) in [6.45, 7) is 1.58. The number of hydrogen-bond donors (Lipinski definition) is 1. The van der Waals surface area contributed by atoms with E-state index in [2.05, 4.69) is 0 Å². The van der Waals surface area contributed by atoms with Gasteiger partial charge in [0.2, 0.25) is 5.91 Å². The molecule has 1 aromatic rings. The van der Waals surface area contributed by atoms with E-state index in [0.717, 1.165) is 24.8 Å². The van der Waals surface area contributed by atoms with Gasteiger partial charge in [-0.15, -0.1) is 0 Å². The largest absolute Gasteiger partial charge is 0.370 e. The van der Waals surface area contributed by atoms with Gasteiger partial charge in [-0.3, -0.25) is 4.79 Å². The average molecular weight is 306 g/mol. The summed E-state index contributed by atoms with van der Waals surface area (Å²) in [6.07, 6.45) is 3.47. The highest BCUT2D eigenvalue weighted by Gasteiger charge is 2.30. The van der Waals surface area contributed by atoms with Gasteiger partial charge in [0.1, 0.15) is 11.9 Å². The number of nitrogens with two attached hydrogens (primary N) is 1. The lowest BCUT2D eigenvalue weighted by molar-refractivity contribution is -0.140. The van der Waals surface area contributed by atoms with E-state index in [4.69, 9.17) is 10.5 Å². The van der Waals surface area contributed by atoms with Gasteiger partial charge < -0.3 is 15.4 Å². The molecule has 1 aliphatic carbocycles. The first-order valence-electron chi connectivity index (χ1n) is 8.04. The highest BCUT2D eigenvalue weighted by Crippen LogP contribution is 2.29. The fourth-order valence-electron chi connectivity index (χ4n) is 3.46. The average Bonchev–Trinajstić information content (AvgIpc) is 2.92. The lowest BCUT2D eigenvalue weighted by atomic mass is 9.99. The molecule has 1 aromatic carbocycles. The number of rotatable bonds is 3. The van der Waals surface area contributed by atoms with Crippen LogP contribution in [-0.2, 0) is 9.53 Å². The van der Waals surface area contributed by atoms with Gasteiger partial charge in [0.25, 0.3) is 0 Å². The van der Waals surface area contributed by atoms with Gasteiger partial charge in [-0.2, -0.15) is 0 Å². The molecule has 0 bridgehead atoms. The molecule has 4 nitrogen and oxygen atoms in total. The molecule has 1 unspecified atom stereocenters. The summed E-state index contributed by atoms with van der Waals surface area (Å²) in [4.78, 5) is 14.3. The summed E-state index contributed by atoms with van der Waals surface area (Å²) in [5.41, 5.74) is 6.84. The van der Waals surface area contributed by atoms with Gasteiger partial charge >= 0.3 is 0 Å². The third-order valence-electron chi connectivity index (χ3n) is 4.79. The van der Waals surface area contributed by atoms with Gasteiger partial charge in [-0.25, -0.2) is 4.39 Å². The predicted octanol–water partition coefficient (Wildman–Crippen LogP) is 2.24.